The van der Waals surface area contributed by atoms with E-state index in [1.54, 1.807) is 4.68 Å². The Morgan fingerprint density at radius 1 is 1.33 bits per heavy atom. The van der Waals surface area contributed by atoms with Crippen molar-refractivity contribution in [1.82, 2.24) is 20.2 Å². The summed E-state index contributed by atoms with van der Waals surface area (Å²) in [5, 5.41) is 11.8. The second kappa shape index (κ2) is 6.05. The van der Waals surface area contributed by atoms with Crippen LogP contribution in [0.3, 0.4) is 0 Å². The molecule has 1 atom stereocenters. The van der Waals surface area contributed by atoms with Gasteiger partial charge in [-0.15, -0.1) is 5.10 Å². The molecule has 5 nitrogen and oxygen atoms in total. The first-order valence-corrected chi connectivity index (χ1v) is 6.13. The van der Waals surface area contributed by atoms with Gasteiger partial charge in [-0.2, -0.15) is 0 Å². The molecule has 1 aromatic heterocycles. The molecular formula is C13H16N4O. The third-order valence-corrected chi connectivity index (χ3v) is 2.86. The predicted octanol–water partition coefficient (Wildman–Crippen LogP) is 2.27. The summed E-state index contributed by atoms with van der Waals surface area (Å²) in [6.07, 6.45) is 3.26. The molecule has 0 fully saturated rings. The number of aldehydes is 1. The zero-order valence-electron chi connectivity index (χ0n) is 10.4. The molecule has 0 amide bonds. The minimum absolute atomic E-state index is 0.0395. The number of rotatable bonds is 6. The SMILES string of the molecule is CCCC(CC=O)n1nnnc1-c1ccccc1. The summed E-state index contributed by atoms with van der Waals surface area (Å²) >= 11 is 0. The number of aromatic nitrogens is 4. The second-order valence-corrected chi connectivity index (χ2v) is 4.16. The van der Waals surface area contributed by atoms with Crippen molar-refractivity contribution in [3.63, 3.8) is 0 Å². The molecule has 1 heterocycles. The maximum absolute atomic E-state index is 10.8. The molecule has 0 bridgehead atoms. The van der Waals surface area contributed by atoms with E-state index in [0.29, 0.717) is 6.42 Å². The van der Waals surface area contributed by atoms with Gasteiger partial charge in [0.25, 0.3) is 0 Å². The molecule has 0 saturated heterocycles. The van der Waals surface area contributed by atoms with E-state index in [1.165, 1.54) is 0 Å². The highest BCUT2D eigenvalue weighted by Crippen LogP contribution is 2.23. The van der Waals surface area contributed by atoms with Crippen molar-refractivity contribution in [2.45, 2.75) is 32.2 Å². The minimum Gasteiger partial charge on any atom is -0.303 e. The highest BCUT2D eigenvalue weighted by molar-refractivity contribution is 5.55. The summed E-state index contributed by atoms with van der Waals surface area (Å²) in [7, 11) is 0. The third-order valence-electron chi connectivity index (χ3n) is 2.86. The Balaban J connectivity index is 2.34. The number of nitrogens with zero attached hydrogens (tertiary/aromatic N) is 4. The Labute approximate surface area is 106 Å². The monoisotopic (exact) mass is 244 g/mol. The van der Waals surface area contributed by atoms with Crippen LogP contribution in [0.4, 0.5) is 0 Å². The van der Waals surface area contributed by atoms with Gasteiger partial charge in [0.2, 0.25) is 0 Å². The van der Waals surface area contributed by atoms with Gasteiger partial charge in [-0.3, -0.25) is 0 Å². The first kappa shape index (κ1) is 12.4. The van der Waals surface area contributed by atoms with Crippen LogP contribution in [0.2, 0.25) is 0 Å². The van der Waals surface area contributed by atoms with Crippen molar-refractivity contribution in [3.8, 4) is 11.4 Å². The Morgan fingerprint density at radius 3 is 2.78 bits per heavy atom. The van der Waals surface area contributed by atoms with E-state index in [-0.39, 0.29) is 6.04 Å². The average Bonchev–Trinajstić information content (AvgIpc) is 2.88. The van der Waals surface area contributed by atoms with Crippen LogP contribution in [0.25, 0.3) is 11.4 Å². The smallest absolute Gasteiger partial charge is 0.182 e. The number of hydrogen-bond donors (Lipinski definition) is 0. The topological polar surface area (TPSA) is 60.7 Å². The molecule has 0 spiro atoms. The van der Waals surface area contributed by atoms with E-state index in [9.17, 15) is 4.79 Å². The Bertz CT molecular complexity index is 495. The van der Waals surface area contributed by atoms with E-state index >= 15 is 0 Å². The summed E-state index contributed by atoms with van der Waals surface area (Å²) in [5.41, 5.74) is 0.967. The maximum Gasteiger partial charge on any atom is 0.182 e. The minimum atomic E-state index is 0.0395. The molecule has 94 valence electrons. The van der Waals surface area contributed by atoms with Crippen LogP contribution in [0, 0.1) is 0 Å². The summed E-state index contributed by atoms with van der Waals surface area (Å²) in [4.78, 5) is 10.8. The number of tetrazole rings is 1. The van der Waals surface area contributed by atoms with Crippen molar-refractivity contribution in [2.75, 3.05) is 0 Å². The molecule has 1 unspecified atom stereocenters. The number of carbonyl (C=O) groups is 1. The van der Waals surface area contributed by atoms with Crippen molar-refractivity contribution >= 4 is 6.29 Å². The number of carbonyl (C=O) groups excluding carboxylic acids is 1. The fourth-order valence-corrected chi connectivity index (χ4v) is 2.00. The van der Waals surface area contributed by atoms with Gasteiger partial charge in [-0.1, -0.05) is 43.7 Å². The van der Waals surface area contributed by atoms with Crippen molar-refractivity contribution in [3.05, 3.63) is 30.3 Å². The molecule has 0 saturated carbocycles. The molecule has 0 N–H and O–H groups in total. The van der Waals surface area contributed by atoms with Crippen LogP contribution in [0.1, 0.15) is 32.2 Å². The summed E-state index contributed by atoms with van der Waals surface area (Å²) in [5.74, 6) is 0.718. The normalized spacial score (nSPS) is 12.3. The zero-order chi connectivity index (χ0) is 12.8. The van der Waals surface area contributed by atoms with E-state index in [2.05, 4.69) is 22.4 Å². The molecule has 18 heavy (non-hydrogen) atoms. The Morgan fingerprint density at radius 2 is 2.11 bits per heavy atom. The van der Waals surface area contributed by atoms with Gasteiger partial charge in [-0.25, -0.2) is 4.68 Å². The van der Waals surface area contributed by atoms with Crippen LogP contribution >= 0.6 is 0 Å². The van der Waals surface area contributed by atoms with Gasteiger partial charge in [0.1, 0.15) is 6.29 Å². The summed E-state index contributed by atoms with van der Waals surface area (Å²) < 4.78 is 1.76. The lowest BCUT2D eigenvalue weighted by molar-refractivity contribution is -0.108. The quantitative estimate of drug-likeness (QED) is 0.731. The number of hydrogen-bond acceptors (Lipinski definition) is 4. The molecule has 1 aromatic carbocycles. The molecule has 2 aromatic rings. The predicted molar refractivity (Wildman–Crippen MR) is 67.9 cm³/mol. The van der Waals surface area contributed by atoms with Crippen LogP contribution in [-0.2, 0) is 4.79 Å². The summed E-state index contributed by atoms with van der Waals surface area (Å²) in [6.45, 7) is 2.09. The lowest BCUT2D eigenvalue weighted by Crippen LogP contribution is -2.13. The van der Waals surface area contributed by atoms with E-state index < -0.39 is 0 Å². The lowest BCUT2D eigenvalue weighted by atomic mass is 10.1. The fourth-order valence-electron chi connectivity index (χ4n) is 2.00. The van der Waals surface area contributed by atoms with Crippen LogP contribution in [0.15, 0.2) is 30.3 Å². The maximum atomic E-state index is 10.8. The van der Waals surface area contributed by atoms with Crippen LogP contribution in [-0.4, -0.2) is 26.5 Å². The standard InChI is InChI=1S/C13H16N4O/c1-2-6-12(9-10-18)17-13(14-15-16-17)11-7-4-3-5-8-11/h3-5,7-8,10,12H,2,6,9H2,1H3. The van der Waals surface area contributed by atoms with Gasteiger partial charge in [0.05, 0.1) is 6.04 Å². The first-order valence-electron chi connectivity index (χ1n) is 6.13. The molecule has 0 radical (unpaired) electrons. The highest BCUT2D eigenvalue weighted by Gasteiger charge is 2.17. The van der Waals surface area contributed by atoms with E-state index in [0.717, 1.165) is 30.5 Å². The van der Waals surface area contributed by atoms with Crippen molar-refractivity contribution in [2.24, 2.45) is 0 Å². The van der Waals surface area contributed by atoms with E-state index in [1.807, 2.05) is 30.3 Å². The van der Waals surface area contributed by atoms with Gasteiger partial charge in [0.15, 0.2) is 5.82 Å². The van der Waals surface area contributed by atoms with Gasteiger partial charge >= 0.3 is 0 Å². The van der Waals surface area contributed by atoms with Gasteiger partial charge < -0.3 is 4.79 Å². The molecule has 0 aliphatic carbocycles. The first-order chi connectivity index (χ1) is 8.86. The fraction of sp³-hybridized carbons (Fsp3) is 0.385. The summed E-state index contributed by atoms with van der Waals surface area (Å²) in [6, 6.07) is 9.81. The molecule has 0 aliphatic heterocycles. The van der Waals surface area contributed by atoms with Crippen molar-refractivity contribution in [1.29, 1.82) is 0 Å². The lowest BCUT2D eigenvalue weighted by Gasteiger charge is -2.14. The molecule has 0 aliphatic rings. The van der Waals surface area contributed by atoms with E-state index in [4.69, 9.17) is 0 Å². The number of benzene rings is 1. The molecule has 5 heteroatoms. The Hall–Kier alpha value is -2.04. The van der Waals surface area contributed by atoms with Crippen LogP contribution < -0.4 is 0 Å². The molecule has 2 rings (SSSR count). The molecular weight excluding hydrogens is 228 g/mol. The van der Waals surface area contributed by atoms with Crippen molar-refractivity contribution < 1.29 is 4.79 Å². The zero-order valence-corrected chi connectivity index (χ0v) is 10.4. The van der Waals surface area contributed by atoms with Crippen LogP contribution in [0.5, 0.6) is 0 Å². The van der Waals surface area contributed by atoms with Gasteiger partial charge in [0, 0.05) is 12.0 Å². The third kappa shape index (κ3) is 2.61. The van der Waals surface area contributed by atoms with Gasteiger partial charge in [-0.05, 0) is 16.8 Å². The highest BCUT2D eigenvalue weighted by atomic mass is 16.1. The average molecular weight is 244 g/mol. The Kier molecular flexibility index (Phi) is 4.17. The second-order valence-electron chi connectivity index (χ2n) is 4.16. The largest absolute Gasteiger partial charge is 0.303 e.